The predicted molar refractivity (Wildman–Crippen MR) is 71.0 cm³/mol. The minimum Gasteiger partial charge on any atom is -0.379 e. The fourth-order valence-corrected chi connectivity index (χ4v) is 2.99. The quantitative estimate of drug-likeness (QED) is 0.813. The molecular formula is C13H22N4O2. The second kappa shape index (κ2) is 5.88. The van der Waals surface area contributed by atoms with Crippen molar-refractivity contribution in [2.75, 3.05) is 26.3 Å². The second-order valence-corrected chi connectivity index (χ2v) is 5.48. The Hall–Kier alpha value is -1.14. The van der Waals surface area contributed by atoms with Crippen molar-refractivity contribution < 1.29 is 4.74 Å². The lowest BCUT2D eigenvalue weighted by atomic mass is 9.95. The van der Waals surface area contributed by atoms with Gasteiger partial charge in [0.1, 0.15) is 6.33 Å². The Balaban J connectivity index is 1.69. The van der Waals surface area contributed by atoms with E-state index in [-0.39, 0.29) is 5.69 Å². The zero-order valence-corrected chi connectivity index (χ0v) is 11.3. The van der Waals surface area contributed by atoms with Crippen molar-refractivity contribution in [3.8, 4) is 0 Å². The highest BCUT2D eigenvalue weighted by Crippen LogP contribution is 2.26. The van der Waals surface area contributed by atoms with Crippen molar-refractivity contribution in [2.45, 2.75) is 44.8 Å². The van der Waals surface area contributed by atoms with Gasteiger partial charge in [-0.15, -0.1) is 0 Å². The number of aromatic nitrogens is 3. The molecule has 0 radical (unpaired) electrons. The third kappa shape index (κ3) is 2.90. The maximum Gasteiger partial charge on any atom is 0.347 e. The summed E-state index contributed by atoms with van der Waals surface area (Å²) in [6.07, 6.45) is 7.70. The smallest absolute Gasteiger partial charge is 0.347 e. The molecule has 0 N–H and O–H groups in total. The van der Waals surface area contributed by atoms with E-state index in [4.69, 9.17) is 4.74 Å². The normalized spacial score (nSPS) is 22.7. The molecule has 1 saturated carbocycles. The van der Waals surface area contributed by atoms with E-state index < -0.39 is 0 Å². The zero-order valence-electron chi connectivity index (χ0n) is 11.3. The molecule has 0 unspecified atom stereocenters. The zero-order chi connectivity index (χ0) is 13.1. The maximum atomic E-state index is 12.3. The molecule has 1 aromatic heterocycles. The van der Waals surface area contributed by atoms with Gasteiger partial charge < -0.3 is 4.74 Å². The van der Waals surface area contributed by atoms with E-state index in [9.17, 15) is 4.79 Å². The Labute approximate surface area is 113 Å². The van der Waals surface area contributed by atoms with Crippen LogP contribution in [0, 0.1) is 0 Å². The van der Waals surface area contributed by atoms with Crippen LogP contribution in [0.2, 0.25) is 0 Å². The maximum absolute atomic E-state index is 12.3. The summed E-state index contributed by atoms with van der Waals surface area (Å²) in [4.78, 5) is 14.6. The van der Waals surface area contributed by atoms with Gasteiger partial charge in [0, 0.05) is 19.1 Å². The highest BCUT2D eigenvalue weighted by atomic mass is 16.5. The summed E-state index contributed by atoms with van der Waals surface area (Å²) >= 11 is 0. The Bertz CT molecular complexity index is 455. The summed E-state index contributed by atoms with van der Waals surface area (Å²) in [6, 6.07) is 0.361. The Morgan fingerprint density at radius 2 is 1.95 bits per heavy atom. The summed E-state index contributed by atoms with van der Waals surface area (Å²) < 4.78 is 8.73. The van der Waals surface area contributed by atoms with Crippen LogP contribution in [0.4, 0.5) is 0 Å². The molecule has 2 aliphatic rings. The van der Waals surface area contributed by atoms with Crippen molar-refractivity contribution in [1.29, 1.82) is 0 Å². The average molecular weight is 266 g/mol. The number of ether oxygens (including phenoxy) is 1. The van der Waals surface area contributed by atoms with Crippen LogP contribution in [0.5, 0.6) is 0 Å². The molecule has 1 aromatic rings. The molecule has 2 fully saturated rings. The highest BCUT2D eigenvalue weighted by Gasteiger charge is 2.19. The summed E-state index contributed by atoms with van der Waals surface area (Å²) in [6.45, 7) is 3.84. The number of morpholine rings is 1. The van der Waals surface area contributed by atoms with E-state index in [0.29, 0.717) is 12.7 Å². The van der Waals surface area contributed by atoms with Crippen LogP contribution in [0.25, 0.3) is 0 Å². The average Bonchev–Trinajstić information content (AvgIpc) is 2.82. The van der Waals surface area contributed by atoms with E-state index in [1.165, 1.54) is 19.3 Å². The third-order valence-electron chi connectivity index (χ3n) is 4.16. The molecule has 0 aromatic carbocycles. The minimum absolute atomic E-state index is 0.0402. The first kappa shape index (κ1) is 12.9. The first-order chi connectivity index (χ1) is 9.34. The van der Waals surface area contributed by atoms with Crippen molar-refractivity contribution in [1.82, 2.24) is 19.2 Å². The van der Waals surface area contributed by atoms with Gasteiger partial charge in [0.25, 0.3) is 0 Å². The van der Waals surface area contributed by atoms with Crippen LogP contribution >= 0.6 is 0 Å². The molecule has 0 bridgehead atoms. The van der Waals surface area contributed by atoms with Crippen molar-refractivity contribution >= 4 is 0 Å². The lowest BCUT2D eigenvalue weighted by Crippen LogP contribution is -2.41. The second-order valence-electron chi connectivity index (χ2n) is 5.48. The molecule has 19 heavy (non-hydrogen) atoms. The van der Waals surface area contributed by atoms with Gasteiger partial charge in [0.2, 0.25) is 0 Å². The van der Waals surface area contributed by atoms with Gasteiger partial charge in [0.15, 0.2) is 0 Å². The fraction of sp³-hybridized carbons (Fsp3) is 0.846. The first-order valence-corrected chi connectivity index (χ1v) is 7.28. The summed E-state index contributed by atoms with van der Waals surface area (Å²) in [7, 11) is 0. The molecule has 0 atom stereocenters. The van der Waals surface area contributed by atoms with Crippen LogP contribution < -0.4 is 5.69 Å². The standard InChI is InChI=1S/C13H22N4O2/c18-13-16(12-4-2-1-3-5-12)10-14-17(13)11-15-6-8-19-9-7-15/h10,12H,1-9,11H2. The number of hydrogen-bond donors (Lipinski definition) is 0. The Kier molecular flexibility index (Phi) is 3.98. The summed E-state index contributed by atoms with van der Waals surface area (Å²) in [5.41, 5.74) is 0.0402. The van der Waals surface area contributed by atoms with Crippen LogP contribution in [0.15, 0.2) is 11.1 Å². The van der Waals surface area contributed by atoms with Gasteiger partial charge in [0.05, 0.1) is 19.9 Å². The van der Waals surface area contributed by atoms with Crippen LogP contribution in [-0.4, -0.2) is 45.6 Å². The van der Waals surface area contributed by atoms with Crippen molar-refractivity contribution in [3.05, 3.63) is 16.8 Å². The largest absolute Gasteiger partial charge is 0.379 e. The highest BCUT2D eigenvalue weighted by molar-refractivity contribution is 4.79. The van der Waals surface area contributed by atoms with E-state index >= 15 is 0 Å². The minimum atomic E-state index is 0.0402. The van der Waals surface area contributed by atoms with Gasteiger partial charge in [-0.1, -0.05) is 19.3 Å². The number of rotatable bonds is 3. The SMILES string of the molecule is O=c1n(C2CCCCC2)cnn1CN1CCOCC1. The topological polar surface area (TPSA) is 52.3 Å². The molecule has 106 valence electrons. The molecule has 2 heterocycles. The molecule has 1 aliphatic heterocycles. The van der Waals surface area contributed by atoms with Gasteiger partial charge in [-0.2, -0.15) is 9.78 Å². The number of hydrogen-bond acceptors (Lipinski definition) is 4. The Morgan fingerprint density at radius 3 is 2.68 bits per heavy atom. The number of nitrogens with zero attached hydrogens (tertiary/aromatic N) is 4. The van der Waals surface area contributed by atoms with Crippen LogP contribution in [0.3, 0.4) is 0 Å². The summed E-state index contributed by atoms with van der Waals surface area (Å²) in [5.74, 6) is 0. The monoisotopic (exact) mass is 266 g/mol. The Morgan fingerprint density at radius 1 is 1.21 bits per heavy atom. The van der Waals surface area contributed by atoms with Gasteiger partial charge in [-0.25, -0.2) is 4.79 Å². The third-order valence-corrected chi connectivity index (χ3v) is 4.16. The molecule has 1 aliphatic carbocycles. The van der Waals surface area contributed by atoms with E-state index in [0.717, 1.165) is 39.1 Å². The van der Waals surface area contributed by atoms with Gasteiger partial charge in [-0.3, -0.25) is 9.47 Å². The molecule has 6 nitrogen and oxygen atoms in total. The molecule has 0 spiro atoms. The van der Waals surface area contributed by atoms with Crippen LogP contribution in [-0.2, 0) is 11.4 Å². The predicted octanol–water partition coefficient (Wildman–Crippen LogP) is 0.840. The summed E-state index contributed by atoms with van der Waals surface area (Å²) in [5, 5.41) is 4.27. The van der Waals surface area contributed by atoms with E-state index in [1.807, 2.05) is 4.57 Å². The van der Waals surface area contributed by atoms with E-state index in [1.54, 1.807) is 11.0 Å². The van der Waals surface area contributed by atoms with E-state index in [2.05, 4.69) is 10.00 Å². The molecule has 1 saturated heterocycles. The van der Waals surface area contributed by atoms with Gasteiger partial charge >= 0.3 is 5.69 Å². The van der Waals surface area contributed by atoms with Crippen molar-refractivity contribution in [3.63, 3.8) is 0 Å². The lowest BCUT2D eigenvalue weighted by molar-refractivity contribution is 0.0205. The molecular weight excluding hydrogens is 244 g/mol. The van der Waals surface area contributed by atoms with Crippen LogP contribution in [0.1, 0.15) is 38.1 Å². The molecule has 6 heteroatoms. The van der Waals surface area contributed by atoms with Crippen molar-refractivity contribution in [2.24, 2.45) is 0 Å². The molecule has 0 amide bonds. The van der Waals surface area contributed by atoms with Gasteiger partial charge in [-0.05, 0) is 12.8 Å². The first-order valence-electron chi connectivity index (χ1n) is 7.28. The lowest BCUT2D eigenvalue weighted by Gasteiger charge is -2.26. The fourth-order valence-electron chi connectivity index (χ4n) is 2.99. The molecule has 3 rings (SSSR count).